The van der Waals surface area contributed by atoms with Gasteiger partial charge in [-0.1, -0.05) is 13.8 Å². The normalized spacial score (nSPS) is 23.8. The number of hydrogen-bond donors (Lipinski definition) is 0. The van der Waals surface area contributed by atoms with Crippen molar-refractivity contribution in [2.75, 3.05) is 26.2 Å². The number of amides is 2. The van der Waals surface area contributed by atoms with Crippen LogP contribution in [-0.4, -0.2) is 57.8 Å². The zero-order valence-electron chi connectivity index (χ0n) is 16.2. The fraction of sp³-hybridized carbons (Fsp3) is 0.700. The van der Waals surface area contributed by atoms with E-state index in [1.807, 2.05) is 16.7 Å². The summed E-state index contributed by atoms with van der Waals surface area (Å²) in [6.07, 6.45) is 7.84. The molecular weight excluding hydrogens is 328 g/mol. The molecule has 2 amide bonds. The second kappa shape index (κ2) is 7.72. The summed E-state index contributed by atoms with van der Waals surface area (Å²) in [4.78, 5) is 37.5. The summed E-state index contributed by atoms with van der Waals surface area (Å²) < 4.78 is 0. The molecule has 1 atom stereocenters. The van der Waals surface area contributed by atoms with Crippen molar-refractivity contribution in [2.24, 2.45) is 11.3 Å². The maximum absolute atomic E-state index is 12.9. The molecular formula is C20H30N4O2. The molecule has 0 aliphatic carbocycles. The number of rotatable bonds is 4. The van der Waals surface area contributed by atoms with Crippen LogP contribution in [0.15, 0.2) is 12.4 Å². The zero-order chi connectivity index (χ0) is 18.7. The molecule has 3 heterocycles. The summed E-state index contributed by atoms with van der Waals surface area (Å²) in [6.45, 7) is 9.31. The van der Waals surface area contributed by atoms with E-state index in [1.165, 1.54) is 0 Å². The number of carbonyl (C=O) groups excluding carboxylic acids is 2. The van der Waals surface area contributed by atoms with Gasteiger partial charge in [0.2, 0.25) is 5.91 Å². The second-order valence-electron chi connectivity index (χ2n) is 8.35. The van der Waals surface area contributed by atoms with E-state index in [0.717, 1.165) is 51.9 Å². The van der Waals surface area contributed by atoms with Gasteiger partial charge in [-0.2, -0.15) is 0 Å². The van der Waals surface area contributed by atoms with Gasteiger partial charge in [0.25, 0.3) is 5.91 Å². The van der Waals surface area contributed by atoms with Gasteiger partial charge < -0.3 is 9.80 Å². The number of carbonyl (C=O) groups is 2. The van der Waals surface area contributed by atoms with Crippen molar-refractivity contribution in [2.45, 2.75) is 52.9 Å². The summed E-state index contributed by atoms with van der Waals surface area (Å²) >= 11 is 0. The lowest BCUT2D eigenvalue weighted by molar-refractivity contribution is -0.139. The number of aryl methyl sites for hydroxylation is 1. The molecule has 0 unspecified atom stereocenters. The first kappa shape index (κ1) is 18.8. The Hall–Kier alpha value is -1.98. The summed E-state index contributed by atoms with van der Waals surface area (Å²) in [5.74, 6) is 1.54. The van der Waals surface area contributed by atoms with Gasteiger partial charge in [-0.3, -0.25) is 9.59 Å². The van der Waals surface area contributed by atoms with Gasteiger partial charge in [0, 0.05) is 50.4 Å². The molecule has 1 spiro atoms. The Morgan fingerprint density at radius 1 is 1.23 bits per heavy atom. The first-order valence-corrected chi connectivity index (χ1v) is 9.74. The van der Waals surface area contributed by atoms with Gasteiger partial charge in [0.15, 0.2) is 0 Å². The minimum Gasteiger partial charge on any atom is -0.342 e. The highest BCUT2D eigenvalue weighted by Crippen LogP contribution is 2.39. The number of nitrogens with zero attached hydrogens (tertiary/aromatic N) is 4. The van der Waals surface area contributed by atoms with Crippen LogP contribution in [0.25, 0.3) is 0 Å². The van der Waals surface area contributed by atoms with Crippen molar-refractivity contribution in [1.82, 2.24) is 19.8 Å². The van der Waals surface area contributed by atoms with Crippen molar-refractivity contribution >= 4 is 11.8 Å². The number of piperidine rings is 2. The Morgan fingerprint density at radius 2 is 1.96 bits per heavy atom. The maximum atomic E-state index is 12.9. The predicted molar refractivity (Wildman–Crippen MR) is 99.6 cm³/mol. The molecule has 2 saturated heterocycles. The number of aromatic nitrogens is 2. The first-order chi connectivity index (χ1) is 12.4. The molecule has 26 heavy (non-hydrogen) atoms. The highest BCUT2D eigenvalue weighted by atomic mass is 16.2. The molecule has 0 radical (unpaired) electrons. The van der Waals surface area contributed by atoms with Crippen LogP contribution in [0.3, 0.4) is 0 Å². The van der Waals surface area contributed by atoms with Crippen LogP contribution in [0, 0.1) is 18.3 Å². The van der Waals surface area contributed by atoms with E-state index in [2.05, 4.69) is 23.8 Å². The molecule has 2 aliphatic rings. The van der Waals surface area contributed by atoms with Gasteiger partial charge in [0.1, 0.15) is 5.82 Å². The monoisotopic (exact) mass is 358 g/mol. The molecule has 2 aliphatic heterocycles. The lowest BCUT2D eigenvalue weighted by Gasteiger charge is -2.48. The SMILES string of the molecule is Cc1ncc(C(=O)N2CCC[C@]3(CCC(=O)N(CCC(C)C)C3)C2)cn1. The summed E-state index contributed by atoms with van der Waals surface area (Å²) in [6, 6.07) is 0. The van der Waals surface area contributed by atoms with Crippen LogP contribution in [0.4, 0.5) is 0 Å². The van der Waals surface area contributed by atoms with Crippen molar-refractivity contribution in [3.05, 3.63) is 23.8 Å². The molecule has 142 valence electrons. The largest absolute Gasteiger partial charge is 0.342 e. The van der Waals surface area contributed by atoms with Crippen molar-refractivity contribution < 1.29 is 9.59 Å². The Bertz CT molecular complexity index is 658. The predicted octanol–water partition coefficient (Wildman–Crippen LogP) is 2.68. The van der Waals surface area contributed by atoms with Crippen LogP contribution in [-0.2, 0) is 4.79 Å². The van der Waals surface area contributed by atoms with Gasteiger partial charge in [0.05, 0.1) is 5.56 Å². The fourth-order valence-electron chi connectivity index (χ4n) is 4.12. The molecule has 2 fully saturated rings. The second-order valence-corrected chi connectivity index (χ2v) is 8.35. The highest BCUT2D eigenvalue weighted by Gasteiger charge is 2.42. The standard InChI is InChI=1S/C20H30N4O2/c1-15(2)6-10-23-13-20(8-5-18(23)25)7-4-9-24(14-20)19(26)17-11-21-16(3)22-12-17/h11-12,15H,4-10,13-14H2,1-3H3/t20-/m1/s1. The Labute approximate surface area is 156 Å². The zero-order valence-corrected chi connectivity index (χ0v) is 16.2. The summed E-state index contributed by atoms with van der Waals surface area (Å²) in [5.41, 5.74) is 0.598. The third kappa shape index (κ3) is 4.22. The van der Waals surface area contributed by atoms with Crippen LogP contribution in [0.5, 0.6) is 0 Å². The van der Waals surface area contributed by atoms with E-state index < -0.39 is 0 Å². The van der Waals surface area contributed by atoms with Crippen LogP contribution in [0.1, 0.15) is 62.1 Å². The van der Waals surface area contributed by atoms with E-state index >= 15 is 0 Å². The third-order valence-electron chi connectivity index (χ3n) is 5.70. The Morgan fingerprint density at radius 3 is 2.65 bits per heavy atom. The minimum absolute atomic E-state index is 0.00899. The molecule has 0 bridgehead atoms. The molecule has 0 N–H and O–H groups in total. The maximum Gasteiger partial charge on any atom is 0.257 e. The molecule has 0 aromatic carbocycles. The minimum atomic E-state index is 0.00899. The topological polar surface area (TPSA) is 66.4 Å². The lowest BCUT2D eigenvalue weighted by atomic mass is 9.73. The number of hydrogen-bond acceptors (Lipinski definition) is 4. The van der Waals surface area contributed by atoms with Gasteiger partial charge in [-0.15, -0.1) is 0 Å². The quantitative estimate of drug-likeness (QED) is 0.830. The van der Waals surface area contributed by atoms with Gasteiger partial charge in [-0.25, -0.2) is 9.97 Å². The van der Waals surface area contributed by atoms with E-state index in [4.69, 9.17) is 0 Å². The fourth-order valence-corrected chi connectivity index (χ4v) is 4.12. The average Bonchev–Trinajstić information content (AvgIpc) is 2.63. The molecule has 6 heteroatoms. The summed E-state index contributed by atoms with van der Waals surface area (Å²) in [7, 11) is 0. The van der Waals surface area contributed by atoms with Crippen molar-refractivity contribution in [3.63, 3.8) is 0 Å². The Balaban J connectivity index is 1.69. The summed E-state index contributed by atoms with van der Waals surface area (Å²) in [5, 5.41) is 0. The molecule has 6 nitrogen and oxygen atoms in total. The molecule has 1 aromatic heterocycles. The van der Waals surface area contributed by atoms with Crippen molar-refractivity contribution in [3.8, 4) is 0 Å². The smallest absolute Gasteiger partial charge is 0.257 e. The van der Waals surface area contributed by atoms with E-state index in [-0.39, 0.29) is 17.2 Å². The lowest BCUT2D eigenvalue weighted by Crippen LogP contribution is -2.55. The molecule has 3 rings (SSSR count). The van der Waals surface area contributed by atoms with Crippen LogP contribution in [0.2, 0.25) is 0 Å². The van der Waals surface area contributed by atoms with Crippen LogP contribution < -0.4 is 0 Å². The van der Waals surface area contributed by atoms with E-state index in [0.29, 0.717) is 23.7 Å². The van der Waals surface area contributed by atoms with Crippen molar-refractivity contribution in [1.29, 1.82) is 0 Å². The highest BCUT2D eigenvalue weighted by molar-refractivity contribution is 5.93. The van der Waals surface area contributed by atoms with Gasteiger partial charge in [-0.05, 0) is 38.5 Å². The Kier molecular flexibility index (Phi) is 5.58. The molecule has 1 aromatic rings. The van der Waals surface area contributed by atoms with E-state index in [1.54, 1.807) is 12.4 Å². The number of likely N-dealkylation sites (tertiary alicyclic amines) is 2. The van der Waals surface area contributed by atoms with E-state index in [9.17, 15) is 9.59 Å². The van der Waals surface area contributed by atoms with Gasteiger partial charge >= 0.3 is 0 Å². The molecule has 0 saturated carbocycles. The average molecular weight is 358 g/mol. The third-order valence-corrected chi connectivity index (χ3v) is 5.70. The first-order valence-electron chi connectivity index (χ1n) is 9.74. The van der Waals surface area contributed by atoms with Crippen LogP contribution >= 0.6 is 0 Å².